The van der Waals surface area contributed by atoms with Crippen LogP contribution in [0.3, 0.4) is 0 Å². The van der Waals surface area contributed by atoms with E-state index in [2.05, 4.69) is 20.7 Å². The van der Waals surface area contributed by atoms with E-state index in [-0.39, 0.29) is 5.82 Å². The Bertz CT molecular complexity index is 611. The maximum atomic E-state index is 12.8. The largest absolute Gasteiger partial charge is 0.488 e. The molecule has 2 aromatic carbocycles. The fourth-order valence-corrected chi connectivity index (χ4v) is 2.10. The third-order valence-electron chi connectivity index (χ3n) is 2.66. The minimum atomic E-state index is -0.407. The lowest BCUT2D eigenvalue weighted by atomic mass is 10.2. The van der Waals surface area contributed by atoms with E-state index in [1.807, 2.05) is 0 Å². The van der Waals surface area contributed by atoms with Gasteiger partial charge in [0.05, 0.1) is 17.1 Å². The summed E-state index contributed by atoms with van der Waals surface area (Å²) in [6, 6.07) is 11.0. The van der Waals surface area contributed by atoms with Gasteiger partial charge in [-0.2, -0.15) is 0 Å². The Balaban J connectivity index is 2.06. The molecule has 104 valence electrons. The number of hydrogen-bond donors (Lipinski definition) is 0. The highest BCUT2D eigenvalue weighted by Gasteiger charge is 2.09. The van der Waals surface area contributed by atoms with Crippen molar-refractivity contribution in [2.24, 2.45) is 0 Å². The predicted molar refractivity (Wildman–Crippen MR) is 76.2 cm³/mol. The van der Waals surface area contributed by atoms with Crippen LogP contribution in [0.4, 0.5) is 4.39 Å². The van der Waals surface area contributed by atoms with Gasteiger partial charge in [0.2, 0.25) is 0 Å². The molecule has 0 saturated heterocycles. The molecule has 5 heteroatoms. The van der Waals surface area contributed by atoms with Gasteiger partial charge in [0, 0.05) is 0 Å². The number of hydrogen-bond acceptors (Lipinski definition) is 3. The second-order valence-corrected chi connectivity index (χ2v) is 4.91. The number of carbonyl (C=O) groups is 1. The fraction of sp³-hybridized carbons (Fsp3) is 0.133. The van der Waals surface area contributed by atoms with Gasteiger partial charge in [-0.3, -0.25) is 0 Å². The number of benzene rings is 2. The Morgan fingerprint density at radius 3 is 2.50 bits per heavy atom. The van der Waals surface area contributed by atoms with E-state index in [0.29, 0.717) is 22.4 Å². The first-order chi connectivity index (χ1) is 9.60. The second kappa shape index (κ2) is 6.52. The maximum absolute atomic E-state index is 12.8. The molecule has 0 aliphatic rings. The zero-order chi connectivity index (χ0) is 14.5. The number of methoxy groups -OCH3 is 1. The van der Waals surface area contributed by atoms with Crippen molar-refractivity contribution in [1.82, 2.24) is 0 Å². The van der Waals surface area contributed by atoms with Crippen molar-refractivity contribution in [2.75, 3.05) is 7.11 Å². The van der Waals surface area contributed by atoms with Gasteiger partial charge in [-0.05, 0) is 51.8 Å². The first kappa shape index (κ1) is 14.5. The lowest BCUT2D eigenvalue weighted by molar-refractivity contribution is 0.0600. The summed E-state index contributed by atoms with van der Waals surface area (Å²) in [6.45, 7) is 0.316. The summed E-state index contributed by atoms with van der Waals surface area (Å²) < 4.78 is 23.7. The van der Waals surface area contributed by atoms with Crippen molar-refractivity contribution < 1.29 is 18.7 Å². The fourth-order valence-electron chi connectivity index (χ4n) is 1.60. The van der Waals surface area contributed by atoms with Gasteiger partial charge in [0.1, 0.15) is 18.2 Å². The summed E-state index contributed by atoms with van der Waals surface area (Å²) in [4.78, 5) is 11.4. The zero-order valence-corrected chi connectivity index (χ0v) is 12.3. The molecule has 3 nitrogen and oxygen atoms in total. The van der Waals surface area contributed by atoms with E-state index >= 15 is 0 Å². The summed E-state index contributed by atoms with van der Waals surface area (Å²) in [7, 11) is 1.33. The molecule has 0 aromatic heterocycles. The third-order valence-corrected chi connectivity index (χ3v) is 3.28. The quantitative estimate of drug-likeness (QED) is 0.791. The average molecular weight is 339 g/mol. The average Bonchev–Trinajstić information content (AvgIpc) is 2.46. The molecule has 0 amide bonds. The van der Waals surface area contributed by atoms with E-state index in [0.717, 1.165) is 5.56 Å². The Kier molecular flexibility index (Phi) is 4.74. The van der Waals surface area contributed by atoms with Crippen molar-refractivity contribution in [1.29, 1.82) is 0 Å². The van der Waals surface area contributed by atoms with Crippen LogP contribution in [0.15, 0.2) is 46.9 Å². The Hall–Kier alpha value is -1.88. The third kappa shape index (κ3) is 3.57. The van der Waals surface area contributed by atoms with Gasteiger partial charge in [-0.15, -0.1) is 0 Å². The lowest BCUT2D eigenvalue weighted by Crippen LogP contribution is -2.02. The molecule has 0 radical (unpaired) electrons. The molecular weight excluding hydrogens is 327 g/mol. The normalized spacial score (nSPS) is 10.2. The molecule has 0 N–H and O–H groups in total. The number of esters is 1. The Labute approximate surface area is 124 Å². The lowest BCUT2D eigenvalue weighted by Gasteiger charge is -2.09. The highest BCUT2D eigenvalue weighted by atomic mass is 79.9. The SMILES string of the molecule is COC(=O)c1ccc(OCc2ccc(F)cc2)c(Br)c1. The molecular formula is C15H12BrFO3. The molecule has 2 aromatic rings. The van der Waals surface area contributed by atoms with Crippen LogP contribution in [0.2, 0.25) is 0 Å². The van der Waals surface area contributed by atoms with Gasteiger partial charge in [-0.1, -0.05) is 12.1 Å². The van der Waals surface area contributed by atoms with Crippen LogP contribution in [0.25, 0.3) is 0 Å². The molecule has 20 heavy (non-hydrogen) atoms. The monoisotopic (exact) mass is 338 g/mol. The van der Waals surface area contributed by atoms with Crippen molar-refractivity contribution in [3.63, 3.8) is 0 Å². The standard InChI is InChI=1S/C15H12BrFO3/c1-19-15(18)11-4-7-14(13(16)8-11)20-9-10-2-5-12(17)6-3-10/h2-8H,9H2,1H3. The molecule has 0 aliphatic heterocycles. The summed E-state index contributed by atoms with van der Waals surface area (Å²) in [6.07, 6.45) is 0. The van der Waals surface area contributed by atoms with Crippen molar-refractivity contribution in [3.05, 3.63) is 63.9 Å². The molecule has 0 atom stereocenters. The van der Waals surface area contributed by atoms with Crippen molar-refractivity contribution in [3.8, 4) is 5.75 Å². The van der Waals surface area contributed by atoms with E-state index in [9.17, 15) is 9.18 Å². The van der Waals surface area contributed by atoms with E-state index in [4.69, 9.17) is 4.74 Å². The zero-order valence-electron chi connectivity index (χ0n) is 10.7. The van der Waals surface area contributed by atoms with Gasteiger partial charge >= 0.3 is 5.97 Å². The first-order valence-electron chi connectivity index (χ1n) is 5.85. The highest BCUT2D eigenvalue weighted by molar-refractivity contribution is 9.10. The molecule has 0 spiro atoms. The predicted octanol–water partition coefficient (Wildman–Crippen LogP) is 3.95. The molecule has 0 saturated carbocycles. The van der Waals surface area contributed by atoms with Crippen molar-refractivity contribution >= 4 is 21.9 Å². The number of carbonyl (C=O) groups excluding carboxylic acids is 1. The Morgan fingerprint density at radius 2 is 1.90 bits per heavy atom. The van der Waals surface area contributed by atoms with Gasteiger partial charge in [0.15, 0.2) is 0 Å². The van der Waals surface area contributed by atoms with Gasteiger partial charge in [-0.25, -0.2) is 9.18 Å². The topological polar surface area (TPSA) is 35.5 Å². The summed E-state index contributed by atoms with van der Waals surface area (Å²) in [5, 5.41) is 0. The van der Waals surface area contributed by atoms with Crippen molar-refractivity contribution in [2.45, 2.75) is 6.61 Å². The van der Waals surface area contributed by atoms with Gasteiger partial charge in [0.25, 0.3) is 0 Å². The van der Waals surface area contributed by atoms with Gasteiger partial charge < -0.3 is 9.47 Å². The number of ether oxygens (including phenoxy) is 2. The maximum Gasteiger partial charge on any atom is 0.337 e. The Morgan fingerprint density at radius 1 is 1.20 bits per heavy atom. The minimum absolute atomic E-state index is 0.280. The summed E-state index contributed by atoms with van der Waals surface area (Å²) >= 11 is 3.34. The molecule has 0 unspecified atom stereocenters. The van der Waals surface area contributed by atoms with Crippen LogP contribution < -0.4 is 4.74 Å². The number of rotatable bonds is 4. The molecule has 0 heterocycles. The van der Waals surface area contributed by atoms with E-state index < -0.39 is 5.97 Å². The molecule has 0 aliphatic carbocycles. The van der Waals surface area contributed by atoms with Crippen LogP contribution in [-0.4, -0.2) is 13.1 Å². The van der Waals surface area contributed by atoms with Crippen LogP contribution in [0, 0.1) is 5.82 Å². The van der Waals surface area contributed by atoms with Crippen LogP contribution >= 0.6 is 15.9 Å². The minimum Gasteiger partial charge on any atom is -0.488 e. The van der Waals surface area contributed by atoms with Crippen LogP contribution in [-0.2, 0) is 11.3 Å². The molecule has 0 fully saturated rings. The molecule has 2 rings (SSSR count). The number of halogens is 2. The first-order valence-corrected chi connectivity index (χ1v) is 6.64. The summed E-state index contributed by atoms with van der Waals surface area (Å²) in [5.41, 5.74) is 1.30. The second-order valence-electron chi connectivity index (χ2n) is 4.05. The van der Waals surface area contributed by atoms with Crippen LogP contribution in [0.5, 0.6) is 5.75 Å². The smallest absolute Gasteiger partial charge is 0.337 e. The van der Waals surface area contributed by atoms with Crippen LogP contribution in [0.1, 0.15) is 15.9 Å². The molecule has 0 bridgehead atoms. The van der Waals surface area contributed by atoms with E-state index in [1.54, 1.807) is 30.3 Å². The summed E-state index contributed by atoms with van der Waals surface area (Å²) in [5.74, 6) is -0.0878. The van der Waals surface area contributed by atoms with E-state index in [1.165, 1.54) is 19.2 Å². The highest BCUT2D eigenvalue weighted by Crippen LogP contribution is 2.27.